The maximum absolute atomic E-state index is 2.26. The Labute approximate surface area is 91.7 Å². The van der Waals surface area contributed by atoms with E-state index in [4.69, 9.17) is 0 Å². The van der Waals surface area contributed by atoms with Crippen molar-refractivity contribution in [1.82, 2.24) is 0 Å². The summed E-state index contributed by atoms with van der Waals surface area (Å²) in [5, 5.41) is 0. The van der Waals surface area contributed by atoms with Gasteiger partial charge < -0.3 is 0 Å². The van der Waals surface area contributed by atoms with Crippen LogP contribution in [0.4, 0.5) is 0 Å². The van der Waals surface area contributed by atoms with Crippen LogP contribution in [-0.4, -0.2) is 0 Å². The molecule has 1 rings (SSSR count). The van der Waals surface area contributed by atoms with Crippen LogP contribution in [0, 0.1) is 0 Å². The van der Waals surface area contributed by atoms with Gasteiger partial charge in [-0.25, -0.2) is 0 Å². The van der Waals surface area contributed by atoms with Crippen LogP contribution in [0.1, 0.15) is 38.5 Å². The first kappa shape index (κ1) is 12.7. The molecule has 1 heteroatoms. The van der Waals surface area contributed by atoms with Gasteiger partial charge in [-0.05, 0) is 25.7 Å². The first-order chi connectivity index (χ1) is 6.00. The molecule has 0 aromatic rings. The summed E-state index contributed by atoms with van der Waals surface area (Å²) >= 11 is 0. The fraction of sp³-hybridized carbons (Fsp3) is 0.500. The molecule has 0 radical (unpaired) electrons. The predicted octanol–water partition coefficient (Wildman–Crippen LogP) is 4.01. The Kier molecular flexibility index (Phi) is 9.58. The van der Waals surface area contributed by atoms with E-state index in [9.17, 15) is 0 Å². The van der Waals surface area contributed by atoms with E-state index in [1.807, 2.05) is 0 Å². The topological polar surface area (TPSA) is 0 Å². The second-order valence-corrected chi connectivity index (χ2v) is 3.23. The number of rotatable bonds is 0. The molecule has 0 fully saturated rings. The van der Waals surface area contributed by atoms with E-state index in [1.165, 1.54) is 38.5 Å². The van der Waals surface area contributed by atoms with Crippen LogP contribution in [0.3, 0.4) is 0 Å². The van der Waals surface area contributed by atoms with Gasteiger partial charge in [-0.3, -0.25) is 0 Å². The minimum absolute atomic E-state index is 0. The van der Waals surface area contributed by atoms with E-state index in [2.05, 4.69) is 36.5 Å². The van der Waals surface area contributed by atoms with Gasteiger partial charge in [0.1, 0.15) is 0 Å². The zero-order chi connectivity index (χ0) is 8.49. The van der Waals surface area contributed by atoms with Gasteiger partial charge in [0.15, 0.2) is 0 Å². The maximum atomic E-state index is 2.26. The third-order valence-corrected chi connectivity index (χ3v) is 2.10. The molecule has 0 spiro atoms. The molecule has 0 unspecified atom stereocenters. The average molecular weight is 221 g/mol. The van der Waals surface area contributed by atoms with E-state index < -0.39 is 0 Å². The number of allylic oxidation sites excluding steroid dienone is 6. The van der Waals surface area contributed by atoms with Crippen molar-refractivity contribution >= 4 is 0 Å². The SMILES string of the molecule is C1=C\C=C\CCCCCC/C=C/1.[Ni]. The molecular weight excluding hydrogens is 203 g/mol. The summed E-state index contributed by atoms with van der Waals surface area (Å²) in [6.07, 6.45) is 21.0. The van der Waals surface area contributed by atoms with Crippen LogP contribution in [-0.2, 0) is 16.5 Å². The third-order valence-electron chi connectivity index (χ3n) is 2.10. The fourth-order valence-electron chi connectivity index (χ4n) is 1.36. The molecule has 1 aliphatic carbocycles. The predicted molar refractivity (Wildman–Crippen MR) is 55.1 cm³/mol. The quantitative estimate of drug-likeness (QED) is 0.542. The summed E-state index contributed by atoms with van der Waals surface area (Å²) in [6.45, 7) is 0. The van der Waals surface area contributed by atoms with Gasteiger partial charge in [0.25, 0.3) is 0 Å². The molecule has 0 aromatic heterocycles. The molecule has 0 heterocycles. The summed E-state index contributed by atoms with van der Waals surface area (Å²) < 4.78 is 0. The van der Waals surface area contributed by atoms with Crippen LogP contribution in [0.25, 0.3) is 0 Å². The molecule has 0 aliphatic heterocycles. The third kappa shape index (κ3) is 8.05. The van der Waals surface area contributed by atoms with E-state index >= 15 is 0 Å². The maximum Gasteiger partial charge on any atom is 0 e. The second kappa shape index (κ2) is 9.80. The normalized spacial score (nSPS) is 25.8. The summed E-state index contributed by atoms with van der Waals surface area (Å²) in [7, 11) is 0. The van der Waals surface area contributed by atoms with Crippen molar-refractivity contribution in [2.45, 2.75) is 38.5 Å². The largest absolute Gasteiger partial charge is 0.0845 e. The average Bonchev–Trinajstić information content (AvgIpc) is 2.05. The molecule has 0 nitrogen and oxygen atoms in total. The van der Waals surface area contributed by atoms with Crippen LogP contribution < -0.4 is 0 Å². The molecule has 76 valence electrons. The summed E-state index contributed by atoms with van der Waals surface area (Å²) in [5.41, 5.74) is 0. The van der Waals surface area contributed by atoms with Crippen molar-refractivity contribution in [2.24, 2.45) is 0 Å². The Morgan fingerprint density at radius 1 is 0.538 bits per heavy atom. The molecule has 0 N–H and O–H groups in total. The Morgan fingerprint density at radius 2 is 1.00 bits per heavy atom. The van der Waals surface area contributed by atoms with E-state index in [0.29, 0.717) is 0 Å². The first-order valence-corrected chi connectivity index (χ1v) is 4.98. The van der Waals surface area contributed by atoms with E-state index in [-0.39, 0.29) is 16.5 Å². The summed E-state index contributed by atoms with van der Waals surface area (Å²) in [5.74, 6) is 0. The van der Waals surface area contributed by atoms with Crippen LogP contribution >= 0.6 is 0 Å². The molecule has 13 heavy (non-hydrogen) atoms. The van der Waals surface area contributed by atoms with Gasteiger partial charge in [0, 0.05) is 16.5 Å². The van der Waals surface area contributed by atoms with Gasteiger partial charge in [0.05, 0.1) is 0 Å². The van der Waals surface area contributed by atoms with Crippen molar-refractivity contribution < 1.29 is 16.5 Å². The Bertz CT molecular complexity index is 158. The van der Waals surface area contributed by atoms with Crippen molar-refractivity contribution in [2.75, 3.05) is 0 Å². The summed E-state index contributed by atoms with van der Waals surface area (Å²) in [6, 6.07) is 0. The van der Waals surface area contributed by atoms with Crippen LogP contribution in [0.2, 0.25) is 0 Å². The molecule has 0 amide bonds. The van der Waals surface area contributed by atoms with Crippen LogP contribution in [0.5, 0.6) is 0 Å². The Balaban J connectivity index is 0.00000144. The van der Waals surface area contributed by atoms with Gasteiger partial charge in [-0.15, -0.1) is 0 Å². The smallest absolute Gasteiger partial charge is 0 e. The minimum atomic E-state index is 0. The van der Waals surface area contributed by atoms with Crippen molar-refractivity contribution in [3.05, 3.63) is 36.5 Å². The molecular formula is C12H18Ni. The van der Waals surface area contributed by atoms with Crippen molar-refractivity contribution in [3.63, 3.8) is 0 Å². The monoisotopic (exact) mass is 220 g/mol. The molecule has 0 saturated heterocycles. The van der Waals surface area contributed by atoms with Crippen molar-refractivity contribution in [1.29, 1.82) is 0 Å². The van der Waals surface area contributed by atoms with Crippen LogP contribution in [0.15, 0.2) is 36.5 Å². The second-order valence-electron chi connectivity index (χ2n) is 3.23. The molecule has 0 aromatic carbocycles. The van der Waals surface area contributed by atoms with Gasteiger partial charge in [0.2, 0.25) is 0 Å². The molecule has 0 bridgehead atoms. The van der Waals surface area contributed by atoms with Gasteiger partial charge in [-0.2, -0.15) is 0 Å². The zero-order valence-corrected chi connectivity index (χ0v) is 9.01. The number of hydrogen-bond acceptors (Lipinski definition) is 0. The number of hydrogen-bond donors (Lipinski definition) is 0. The zero-order valence-electron chi connectivity index (χ0n) is 8.02. The molecule has 0 atom stereocenters. The van der Waals surface area contributed by atoms with Crippen molar-refractivity contribution in [3.8, 4) is 0 Å². The molecule has 0 saturated carbocycles. The fourth-order valence-corrected chi connectivity index (χ4v) is 1.36. The Hall–Kier alpha value is -0.286. The molecule has 1 aliphatic rings. The Morgan fingerprint density at radius 3 is 1.46 bits per heavy atom. The van der Waals surface area contributed by atoms with Gasteiger partial charge in [-0.1, -0.05) is 49.3 Å². The van der Waals surface area contributed by atoms with Gasteiger partial charge >= 0.3 is 0 Å². The first-order valence-electron chi connectivity index (χ1n) is 4.98. The van der Waals surface area contributed by atoms with E-state index in [1.54, 1.807) is 0 Å². The standard InChI is InChI=1S/C12H18.Ni/c1-2-4-6-8-10-12-11-9-7-5-3-1;/h1-6H,7-12H2;/b2-1-,5-3+,6-4+;. The van der Waals surface area contributed by atoms with E-state index in [0.717, 1.165) is 0 Å². The summed E-state index contributed by atoms with van der Waals surface area (Å²) in [4.78, 5) is 0. The minimum Gasteiger partial charge on any atom is -0.0845 e.